The molecule has 1 atom stereocenters. The molecule has 0 spiro atoms. The van der Waals surface area contributed by atoms with Gasteiger partial charge >= 0.3 is 5.97 Å². The van der Waals surface area contributed by atoms with Crippen LogP contribution in [0.4, 0.5) is 4.39 Å². The van der Waals surface area contributed by atoms with E-state index in [4.69, 9.17) is 13.9 Å². The van der Waals surface area contributed by atoms with E-state index < -0.39 is 5.82 Å². The molecule has 0 radical (unpaired) electrons. The van der Waals surface area contributed by atoms with E-state index in [0.717, 1.165) is 31.5 Å². The van der Waals surface area contributed by atoms with E-state index in [2.05, 4.69) is 9.88 Å². The average molecular weight is 390 g/mol. The second kappa shape index (κ2) is 9.19. The molecule has 2 heterocycles. The van der Waals surface area contributed by atoms with E-state index in [1.54, 1.807) is 12.1 Å². The van der Waals surface area contributed by atoms with Gasteiger partial charge in [0.2, 0.25) is 5.89 Å². The summed E-state index contributed by atoms with van der Waals surface area (Å²) in [5.74, 6) is 0.849. The fraction of sp³-hybridized carbons (Fsp3) is 0.524. The van der Waals surface area contributed by atoms with Crippen LogP contribution >= 0.6 is 0 Å². The monoisotopic (exact) mass is 390 g/mol. The lowest BCUT2D eigenvalue weighted by Crippen LogP contribution is -2.40. The molecule has 1 aromatic heterocycles. The molecule has 6 nitrogen and oxygen atoms in total. The lowest BCUT2D eigenvalue weighted by Gasteiger charge is -2.34. The summed E-state index contributed by atoms with van der Waals surface area (Å²) < 4.78 is 30.3. The van der Waals surface area contributed by atoms with Gasteiger partial charge in [0.05, 0.1) is 31.4 Å². The van der Waals surface area contributed by atoms with Crippen molar-refractivity contribution in [2.75, 3.05) is 20.3 Å². The van der Waals surface area contributed by atoms with Crippen molar-refractivity contribution < 1.29 is 23.1 Å². The molecule has 0 bridgehead atoms. The molecular formula is C21H27FN2O4. The number of hydrogen-bond acceptors (Lipinski definition) is 6. The minimum absolute atomic E-state index is 0.126. The number of halogens is 1. The SMILES string of the molecule is CCOC(=O)C[C@H]1CCCCN1Cc1nc(-c2cc(OC)ccc2F)oc1C. The fourth-order valence-corrected chi connectivity index (χ4v) is 3.59. The van der Waals surface area contributed by atoms with E-state index in [0.29, 0.717) is 31.1 Å². The summed E-state index contributed by atoms with van der Waals surface area (Å²) in [6.07, 6.45) is 3.50. The number of carbonyl (C=O) groups is 1. The van der Waals surface area contributed by atoms with Gasteiger partial charge < -0.3 is 13.9 Å². The summed E-state index contributed by atoms with van der Waals surface area (Å²) in [6.45, 7) is 5.48. The zero-order chi connectivity index (χ0) is 20.1. The van der Waals surface area contributed by atoms with Crippen molar-refractivity contribution >= 4 is 5.97 Å². The topological polar surface area (TPSA) is 64.8 Å². The summed E-state index contributed by atoms with van der Waals surface area (Å²) in [5.41, 5.74) is 1.03. The number of piperidine rings is 1. The number of ether oxygens (including phenoxy) is 2. The summed E-state index contributed by atoms with van der Waals surface area (Å²) in [6, 6.07) is 4.60. The van der Waals surface area contributed by atoms with E-state index in [9.17, 15) is 9.18 Å². The van der Waals surface area contributed by atoms with Gasteiger partial charge in [-0.15, -0.1) is 0 Å². The largest absolute Gasteiger partial charge is 0.497 e. The first-order chi connectivity index (χ1) is 13.5. The zero-order valence-electron chi connectivity index (χ0n) is 16.7. The molecule has 1 fully saturated rings. The third kappa shape index (κ3) is 4.70. The molecule has 1 aliphatic heterocycles. The van der Waals surface area contributed by atoms with Crippen LogP contribution in [0.3, 0.4) is 0 Å². The molecule has 1 aromatic carbocycles. The van der Waals surface area contributed by atoms with Crippen LogP contribution in [-0.4, -0.2) is 42.2 Å². The first-order valence-corrected chi connectivity index (χ1v) is 9.71. The minimum atomic E-state index is -0.410. The number of aryl methyl sites for hydroxylation is 1. The molecule has 0 aliphatic carbocycles. The number of aromatic nitrogens is 1. The van der Waals surface area contributed by atoms with Crippen molar-refractivity contribution in [2.45, 2.75) is 52.1 Å². The molecule has 3 rings (SSSR count). The third-order valence-corrected chi connectivity index (χ3v) is 5.11. The van der Waals surface area contributed by atoms with Gasteiger partial charge in [0, 0.05) is 12.6 Å². The Balaban J connectivity index is 1.78. The van der Waals surface area contributed by atoms with Crippen LogP contribution in [0, 0.1) is 12.7 Å². The molecule has 0 unspecified atom stereocenters. The Labute approximate surface area is 164 Å². The molecule has 1 aliphatic rings. The smallest absolute Gasteiger partial charge is 0.307 e. The highest BCUT2D eigenvalue weighted by Crippen LogP contribution is 2.29. The first kappa shape index (κ1) is 20.3. The number of nitrogens with zero attached hydrogens (tertiary/aromatic N) is 2. The van der Waals surface area contributed by atoms with Crippen molar-refractivity contribution in [2.24, 2.45) is 0 Å². The van der Waals surface area contributed by atoms with E-state index in [1.165, 1.54) is 13.2 Å². The van der Waals surface area contributed by atoms with Crippen LogP contribution in [0.1, 0.15) is 44.1 Å². The second-order valence-corrected chi connectivity index (χ2v) is 7.00. The summed E-state index contributed by atoms with van der Waals surface area (Å²) in [4.78, 5) is 18.7. The standard InChI is InChI=1S/C21H27FN2O4/c1-4-27-20(25)11-15-7-5-6-10-24(15)13-19-14(2)28-21(23-19)17-12-16(26-3)8-9-18(17)22/h8-9,12,15H,4-7,10-11,13H2,1-3H3/t15-/m1/s1. The molecule has 152 valence electrons. The number of esters is 1. The predicted molar refractivity (Wildman–Crippen MR) is 102 cm³/mol. The molecule has 28 heavy (non-hydrogen) atoms. The molecule has 1 saturated heterocycles. The van der Waals surface area contributed by atoms with Gasteiger partial charge in [-0.2, -0.15) is 0 Å². The Morgan fingerprint density at radius 3 is 2.96 bits per heavy atom. The van der Waals surface area contributed by atoms with Crippen LogP contribution in [0.25, 0.3) is 11.5 Å². The Kier molecular flexibility index (Phi) is 6.67. The van der Waals surface area contributed by atoms with Gasteiger partial charge in [-0.05, 0) is 51.4 Å². The number of carbonyl (C=O) groups excluding carboxylic acids is 1. The van der Waals surface area contributed by atoms with Gasteiger partial charge in [-0.25, -0.2) is 9.37 Å². The second-order valence-electron chi connectivity index (χ2n) is 7.00. The highest BCUT2D eigenvalue weighted by Gasteiger charge is 2.27. The number of benzene rings is 1. The van der Waals surface area contributed by atoms with Crippen molar-refractivity contribution in [3.05, 3.63) is 35.5 Å². The zero-order valence-corrected chi connectivity index (χ0v) is 16.7. The van der Waals surface area contributed by atoms with Gasteiger partial charge in [0.25, 0.3) is 0 Å². The maximum atomic E-state index is 14.3. The average Bonchev–Trinajstić information content (AvgIpc) is 3.04. The third-order valence-electron chi connectivity index (χ3n) is 5.11. The van der Waals surface area contributed by atoms with E-state index >= 15 is 0 Å². The van der Waals surface area contributed by atoms with Crippen molar-refractivity contribution in [3.8, 4) is 17.2 Å². The van der Waals surface area contributed by atoms with Crippen molar-refractivity contribution in [1.29, 1.82) is 0 Å². The van der Waals surface area contributed by atoms with Gasteiger partial charge in [0.15, 0.2) is 0 Å². The Bertz CT molecular complexity index is 821. The van der Waals surface area contributed by atoms with Crippen molar-refractivity contribution in [3.63, 3.8) is 0 Å². The van der Waals surface area contributed by atoms with E-state index in [1.807, 2.05) is 13.8 Å². The quantitative estimate of drug-likeness (QED) is 0.663. The maximum Gasteiger partial charge on any atom is 0.307 e. The molecule has 0 saturated carbocycles. The van der Waals surface area contributed by atoms with Crippen molar-refractivity contribution in [1.82, 2.24) is 9.88 Å². The normalized spacial score (nSPS) is 17.5. The highest BCUT2D eigenvalue weighted by molar-refractivity contribution is 5.70. The molecule has 2 aromatic rings. The first-order valence-electron chi connectivity index (χ1n) is 9.71. The molecule has 7 heteroatoms. The van der Waals surface area contributed by atoms with Gasteiger partial charge in [-0.1, -0.05) is 6.42 Å². The van der Waals surface area contributed by atoms with Crippen LogP contribution in [0.15, 0.2) is 22.6 Å². The van der Waals surface area contributed by atoms with Gasteiger partial charge in [-0.3, -0.25) is 9.69 Å². The van der Waals surface area contributed by atoms with Crippen LogP contribution < -0.4 is 4.74 Å². The number of hydrogen-bond donors (Lipinski definition) is 0. The van der Waals surface area contributed by atoms with Crippen LogP contribution in [0.2, 0.25) is 0 Å². The maximum absolute atomic E-state index is 14.3. The summed E-state index contributed by atoms with van der Waals surface area (Å²) >= 11 is 0. The fourth-order valence-electron chi connectivity index (χ4n) is 3.59. The number of methoxy groups -OCH3 is 1. The summed E-state index contributed by atoms with van der Waals surface area (Å²) in [5, 5.41) is 0. The van der Waals surface area contributed by atoms with Gasteiger partial charge in [0.1, 0.15) is 17.3 Å². The Morgan fingerprint density at radius 1 is 1.39 bits per heavy atom. The molecular weight excluding hydrogens is 363 g/mol. The lowest BCUT2D eigenvalue weighted by atomic mass is 9.99. The summed E-state index contributed by atoms with van der Waals surface area (Å²) in [7, 11) is 1.53. The number of oxazole rings is 1. The minimum Gasteiger partial charge on any atom is -0.497 e. The molecule has 0 N–H and O–H groups in total. The Hall–Kier alpha value is -2.41. The Morgan fingerprint density at radius 2 is 2.21 bits per heavy atom. The predicted octanol–water partition coefficient (Wildman–Crippen LogP) is 4.11. The lowest BCUT2D eigenvalue weighted by molar-refractivity contribution is -0.145. The van der Waals surface area contributed by atoms with Crippen LogP contribution in [-0.2, 0) is 16.1 Å². The number of rotatable bonds is 7. The number of likely N-dealkylation sites (tertiary alicyclic amines) is 1. The molecule has 0 amide bonds. The van der Waals surface area contributed by atoms with Crippen LogP contribution in [0.5, 0.6) is 5.75 Å². The highest BCUT2D eigenvalue weighted by atomic mass is 19.1. The van der Waals surface area contributed by atoms with E-state index in [-0.39, 0.29) is 23.5 Å².